The number of hydrogen-bond acceptors (Lipinski definition) is 5. The Balaban J connectivity index is 1.59. The highest BCUT2D eigenvalue weighted by Gasteiger charge is 2.50. The lowest BCUT2D eigenvalue weighted by Gasteiger charge is -2.45. The number of carbonyl (C=O) groups is 1. The average Bonchev–Trinajstić information content (AvgIpc) is 2.96. The summed E-state index contributed by atoms with van der Waals surface area (Å²) in [6.07, 6.45) is 0.560. The lowest BCUT2D eigenvalue weighted by molar-refractivity contribution is -0.000540. The zero-order valence-electron chi connectivity index (χ0n) is 26.4. The van der Waals surface area contributed by atoms with Crippen molar-refractivity contribution in [3.05, 3.63) is 90.5 Å². The number of methoxy groups -OCH3 is 1. The van der Waals surface area contributed by atoms with Gasteiger partial charge in [-0.15, -0.1) is 0 Å². The monoisotopic (exact) mass is 588 g/mol. The average molecular weight is 589 g/mol. The Hall–Kier alpha value is -3.13. The number of ether oxygens (including phenoxy) is 2. The molecule has 42 heavy (non-hydrogen) atoms. The van der Waals surface area contributed by atoms with Crippen molar-refractivity contribution >= 4 is 24.8 Å². The topological polar surface area (TPSA) is 51.2 Å². The molecule has 1 aliphatic heterocycles. The molecule has 3 aromatic rings. The summed E-state index contributed by atoms with van der Waals surface area (Å²) in [7, 11) is -0.961. The maximum absolute atomic E-state index is 13.1. The second-order valence-electron chi connectivity index (χ2n) is 13.2. The van der Waals surface area contributed by atoms with E-state index >= 15 is 0 Å². The van der Waals surface area contributed by atoms with Crippen LogP contribution in [0.15, 0.2) is 84.9 Å². The smallest absolute Gasteiger partial charge is 0.410 e. The van der Waals surface area contributed by atoms with Gasteiger partial charge < -0.3 is 18.8 Å². The molecule has 1 saturated heterocycles. The minimum absolute atomic E-state index is 0.0897. The van der Waals surface area contributed by atoms with Crippen molar-refractivity contribution in [3.8, 4) is 5.75 Å². The van der Waals surface area contributed by atoms with E-state index in [1.54, 1.807) is 7.11 Å². The Morgan fingerprint density at radius 1 is 0.833 bits per heavy atom. The summed E-state index contributed by atoms with van der Waals surface area (Å²) >= 11 is 0. The number of carbonyl (C=O) groups excluding carboxylic acids is 1. The molecule has 4 rings (SSSR count). The molecule has 0 bridgehead atoms. The molecule has 0 saturated carbocycles. The van der Waals surface area contributed by atoms with Crippen LogP contribution in [0.5, 0.6) is 5.75 Å². The largest absolute Gasteiger partial charge is 0.497 e. The van der Waals surface area contributed by atoms with Crippen molar-refractivity contribution < 1.29 is 18.7 Å². The van der Waals surface area contributed by atoms with E-state index in [0.717, 1.165) is 25.3 Å². The number of amides is 1. The molecular weight excluding hydrogens is 540 g/mol. The van der Waals surface area contributed by atoms with E-state index in [9.17, 15) is 4.79 Å². The van der Waals surface area contributed by atoms with Gasteiger partial charge in [0.15, 0.2) is 0 Å². The molecule has 0 aromatic heterocycles. The third kappa shape index (κ3) is 7.62. The van der Waals surface area contributed by atoms with E-state index in [2.05, 4.69) is 98.5 Å². The summed E-state index contributed by atoms with van der Waals surface area (Å²) in [6, 6.07) is 29.9. The molecule has 1 aliphatic rings. The molecule has 6 nitrogen and oxygen atoms in total. The molecule has 1 unspecified atom stereocenters. The minimum Gasteiger partial charge on any atom is -0.497 e. The number of nitrogens with zero attached hydrogens (tertiary/aromatic N) is 2. The maximum atomic E-state index is 13.1. The quantitative estimate of drug-likeness (QED) is 0.284. The Bertz CT molecular complexity index is 1230. The van der Waals surface area contributed by atoms with Crippen LogP contribution in [-0.4, -0.2) is 69.2 Å². The molecule has 7 heteroatoms. The van der Waals surface area contributed by atoms with Gasteiger partial charge in [-0.3, -0.25) is 4.90 Å². The van der Waals surface area contributed by atoms with Crippen LogP contribution in [0.25, 0.3) is 0 Å². The Kier molecular flexibility index (Phi) is 10.2. The lowest BCUT2D eigenvalue weighted by atomic mass is 10.1. The fourth-order valence-corrected chi connectivity index (χ4v) is 10.5. The summed E-state index contributed by atoms with van der Waals surface area (Å²) in [4.78, 5) is 17.4. The molecule has 1 heterocycles. The molecule has 226 valence electrons. The van der Waals surface area contributed by atoms with Crippen LogP contribution < -0.4 is 15.1 Å². The molecule has 0 N–H and O–H groups in total. The van der Waals surface area contributed by atoms with Crippen molar-refractivity contribution in [2.45, 2.75) is 71.2 Å². The summed E-state index contributed by atoms with van der Waals surface area (Å²) < 4.78 is 18.4. The maximum Gasteiger partial charge on any atom is 0.410 e. The van der Waals surface area contributed by atoms with Crippen molar-refractivity contribution in [1.29, 1.82) is 0 Å². The first-order valence-corrected chi connectivity index (χ1v) is 16.9. The summed E-state index contributed by atoms with van der Waals surface area (Å²) in [6.45, 7) is 16.1. The molecule has 1 amide bonds. The van der Waals surface area contributed by atoms with Crippen molar-refractivity contribution in [2.24, 2.45) is 0 Å². The number of benzene rings is 3. The van der Waals surface area contributed by atoms with Gasteiger partial charge in [0.1, 0.15) is 11.4 Å². The first kappa shape index (κ1) is 31.8. The predicted octanol–water partition coefficient (Wildman–Crippen LogP) is 6.08. The third-order valence-corrected chi connectivity index (χ3v) is 13.0. The van der Waals surface area contributed by atoms with Gasteiger partial charge in [0.2, 0.25) is 0 Å². The standard InChI is InChI=1S/C35H48N2O4Si/c1-34(2,3)41-33(38)37-24-23-36(26-28-18-20-30(39-7)21-19-28)29(27-37)22-25-40-42(35(4,5)6,31-14-10-8-11-15-31)32-16-12-9-13-17-32/h8-21,29H,22-27H2,1-7H3. The molecule has 0 aliphatic carbocycles. The number of hydrogen-bond donors (Lipinski definition) is 0. The fraction of sp³-hybridized carbons (Fsp3) is 0.457. The predicted molar refractivity (Wildman–Crippen MR) is 173 cm³/mol. The van der Waals surface area contributed by atoms with Crippen LogP contribution in [0.1, 0.15) is 53.5 Å². The molecule has 1 fully saturated rings. The van der Waals surface area contributed by atoms with E-state index in [0.29, 0.717) is 19.7 Å². The highest BCUT2D eigenvalue weighted by molar-refractivity contribution is 6.99. The van der Waals surface area contributed by atoms with Gasteiger partial charge in [-0.2, -0.15) is 0 Å². The van der Waals surface area contributed by atoms with Crippen molar-refractivity contribution in [2.75, 3.05) is 33.4 Å². The van der Waals surface area contributed by atoms with E-state index in [-0.39, 0.29) is 17.2 Å². The Labute approximate surface area is 253 Å². The Morgan fingerprint density at radius 3 is 1.90 bits per heavy atom. The van der Waals surface area contributed by atoms with Gasteiger partial charge in [-0.05, 0) is 60.3 Å². The molecule has 0 radical (unpaired) electrons. The normalized spacial score (nSPS) is 16.7. The first-order valence-electron chi connectivity index (χ1n) is 15.0. The summed E-state index contributed by atoms with van der Waals surface area (Å²) in [5, 5.41) is 2.46. The van der Waals surface area contributed by atoms with E-state index in [1.165, 1.54) is 15.9 Å². The van der Waals surface area contributed by atoms with Gasteiger partial charge in [0, 0.05) is 38.8 Å². The van der Waals surface area contributed by atoms with E-state index < -0.39 is 13.9 Å². The Morgan fingerprint density at radius 2 is 1.40 bits per heavy atom. The van der Waals surface area contributed by atoms with Crippen LogP contribution in [0, 0.1) is 0 Å². The lowest BCUT2D eigenvalue weighted by Crippen LogP contribution is -2.66. The molecule has 1 atom stereocenters. The molecular formula is C35H48N2O4Si. The fourth-order valence-electron chi connectivity index (χ4n) is 5.94. The van der Waals surface area contributed by atoms with Gasteiger partial charge >= 0.3 is 6.09 Å². The summed E-state index contributed by atoms with van der Waals surface area (Å²) in [5.74, 6) is 0.851. The highest BCUT2D eigenvalue weighted by atomic mass is 28.4. The van der Waals surface area contributed by atoms with Crippen LogP contribution >= 0.6 is 0 Å². The van der Waals surface area contributed by atoms with Crippen LogP contribution in [0.2, 0.25) is 5.04 Å². The van der Waals surface area contributed by atoms with Crippen LogP contribution in [-0.2, 0) is 15.7 Å². The zero-order valence-corrected chi connectivity index (χ0v) is 27.4. The molecule has 0 spiro atoms. The van der Waals surface area contributed by atoms with Crippen LogP contribution in [0.4, 0.5) is 4.79 Å². The van der Waals surface area contributed by atoms with Gasteiger partial charge in [-0.1, -0.05) is 93.6 Å². The third-order valence-electron chi connectivity index (χ3n) is 7.99. The summed E-state index contributed by atoms with van der Waals surface area (Å²) in [5.41, 5.74) is 0.693. The van der Waals surface area contributed by atoms with Gasteiger partial charge in [-0.25, -0.2) is 4.79 Å². The zero-order chi connectivity index (χ0) is 30.4. The van der Waals surface area contributed by atoms with Crippen molar-refractivity contribution in [1.82, 2.24) is 9.80 Å². The SMILES string of the molecule is COc1ccc(CN2CCN(C(=O)OC(C)(C)C)CC2CCO[Si](c2ccccc2)(c2ccccc2)C(C)(C)C)cc1. The van der Waals surface area contributed by atoms with Gasteiger partial charge in [0.05, 0.1) is 7.11 Å². The van der Waals surface area contributed by atoms with Gasteiger partial charge in [0.25, 0.3) is 8.32 Å². The van der Waals surface area contributed by atoms with E-state index in [1.807, 2.05) is 37.8 Å². The second-order valence-corrected chi connectivity index (χ2v) is 17.5. The second kappa shape index (κ2) is 13.4. The van der Waals surface area contributed by atoms with Crippen LogP contribution in [0.3, 0.4) is 0 Å². The minimum atomic E-state index is -2.65. The molecule has 3 aromatic carbocycles. The number of piperazine rings is 1. The number of rotatable bonds is 9. The highest BCUT2D eigenvalue weighted by Crippen LogP contribution is 2.37. The van der Waals surface area contributed by atoms with E-state index in [4.69, 9.17) is 13.9 Å². The first-order chi connectivity index (χ1) is 19.9. The van der Waals surface area contributed by atoms with Crippen molar-refractivity contribution in [3.63, 3.8) is 0 Å².